The third kappa shape index (κ3) is 5.42. The van der Waals surface area contributed by atoms with Crippen LogP contribution in [-0.4, -0.2) is 54.0 Å². The summed E-state index contributed by atoms with van der Waals surface area (Å²) in [5.74, 6) is -1.25. The van der Waals surface area contributed by atoms with Gasteiger partial charge in [0.15, 0.2) is 0 Å². The fraction of sp³-hybridized carbons (Fsp3) is 0.308. The number of nitrogens with one attached hydrogen (secondary N) is 1. The standard InChI is InChI=1S/C26H28ClN5O4/c27-19-7-3-2-6-18(19)23(24(29)34)26(11-13-32(14-12-26)22(33)15-28)16-36-25(35)31-21-10-9-17-5-1-4-8-20(17)30-21/h1-10,23H,11-16,28H2,(H2,29,34)(H,30,31,35). The van der Waals surface area contributed by atoms with Gasteiger partial charge in [-0.1, -0.05) is 48.0 Å². The average Bonchev–Trinajstić information content (AvgIpc) is 2.88. The summed E-state index contributed by atoms with van der Waals surface area (Å²) in [6, 6.07) is 18.1. The highest BCUT2D eigenvalue weighted by atomic mass is 35.5. The number of rotatable bonds is 7. The number of amides is 3. The van der Waals surface area contributed by atoms with Gasteiger partial charge in [0.25, 0.3) is 0 Å². The van der Waals surface area contributed by atoms with E-state index in [1.807, 2.05) is 30.3 Å². The molecule has 0 spiro atoms. The molecule has 1 saturated heterocycles. The summed E-state index contributed by atoms with van der Waals surface area (Å²) in [7, 11) is 0. The predicted octanol–water partition coefficient (Wildman–Crippen LogP) is 3.27. The number of likely N-dealkylation sites (tertiary alicyclic amines) is 1. The van der Waals surface area contributed by atoms with Crippen LogP contribution in [0.2, 0.25) is 5.02 Å². The summed E-state index contributed by atoms with van der Waals surface area (Å²) in [6.45, 7) is 0.493. The minimum Gasteiger partial charge on any atom is -0.449 e. The van der Waals surface area contributed by atoms with Crippen LogP contribution < -0.4 is 16.8 Å². The van der Waals surface area contributed by atoms with Gasteiger partial charge in [0.05, 0.1) is 18.0 Å². The number of carbonyl (C=O) groups is 3. The summed E-state index contributed by atoms with van der Waals surface area (Å²) < 4.78 is 5.65. The number of anilines is 1. The molecular formula is C26H28ClN5O4. The summed E-state index contributed by atoms with van der Waals surface area (Å²) in [6.07, 6.45) is 0.0398. The Morgan fingerprint density at radius 1 is 1.06 bits per heavy atom. The maximum absolute atomic E-state index is 12.8. The molecule has 0 radical (unpaired) electrons. The molecule has 0 saturated carbocycles. The number of fused-ring (bicyclic) bond motifs is 1. The van der Waals surface area contributed by atoms with E-state index in [9.17, 15) is 14.4 Å². The largest absolute Gasteiger partial charge is 0.449 e. The Morgan fingerprint density at radius 3 is 2.44 bits per heavy atom. The molecule has 1 fully saturated rings. The lowest BCUT2D eigenvalue weighted by molar-refractivity contribution is -0.134. The average molecular weight is 510 g/mol. The number of nitrogens with zero attached hydrogens (tertiary/aromatic N) is 2. The Morgan fingerprint density at radius 2 is 1.75 bits per heavy atom. The molecule has 2 aromatic carbocycles. The summed E-state index contributed by atoms with van der Waals surface area (Å²) in [5, 5.41) is 3.99. The van der Waals surface area contributed by atoms with Crippen molar-refractivity contribution in [3.63, 3.8) is 0 Å². The van der Waals surface area contributed by atoms with E-state index in [0.717, 1.165) is 10.9 Å². The Kier molecular flexibility index (Phi) is 7.71. The summed E-state index contributed by atoms with van der Waals surface area (Å²) >= 11 is 6.45. The molecule has 1 aromatic heterocycles. The summed E-state index contributed by atoms with van der Waals surface area (Å²) in [4.78, 5) is 43.8. The molecule has 3 amide bonds. The quantitative estimate of drug-likeness (QED) is 0.446. The molecule has 2 heterocycles. The minimum absolute atomic E-state index is 0.101. The van der Waals surface area contributed by atoms with E-state index >= 15 is 0 Å². The lowest BCUT2D eigenvalue weighted by Gasteiger charge is -2.45. The number of hydrogen-bond donors (Lipinski definition) is 3. The van der Waals surface area contributed by atoms with Gasteiger partial charge < -0.3 is 21.1 Å². The second-order valence-corrected chi connectivity index (χ2v) is 9.30. The van der Waals surface area contributed by atoms with E-state index in [1.165, 1.54) is 0 Å². The number of piperidine rings is 1. The van der Waals surface area contributed by atoms with Gasteiger partial charge >= 0.3 is 6.09 Å². The van der Waals surface area contributed by atoms with Crippen LogP contribution in [0.25, 0.3) is 10.9 Å². The summed E-state index contributed by atoms with van der Waals surface area (Å²) in [5.41, 5.74) is 11.9. The third-order valence-corrected chi connectivity index (χ3v) is 7.06. The van der Waals surface area contributed by atoms with Gasteiger partial charge in [-0.05, 0) is 42.7 Å². The van der Waals surface area contributed by atoms with Crippen molar-refractivity contribution < 1.29 is 19.1 Å². The number of benzene rings is 2. The van der Waals surface area contributed by atoms with Gasteiger partial charge in [-0.15, -0.1) is 0 Å². The smallest absolute Gasteiger partial charge is 0.412 e. The molecule has 0 bridgehead atoms. The van der Waals surface area contributed by atoms with Crippen molar-refractivity contribution in [3.8, 4) is 0 Å². The van der Waals surface area contributed by atoms with Crippen LogP contribution in [0, 0.1) is 5.41 Å². The topological polar surface area (TPSA) is 141 Å². The van der Waals surface area contributed by atoms with Gasteiger partial charge in [0.2, 0.25) is 11.8 Å². The first-order valence-corrected chi connectivity index (χ1v) is 12.0. The predicted molar refractivity (Wildman–Crippen MR) is 137 cm³/mol. The fourth-order valence-electron chi connectivity index (χ4n) is 4.83. The van der Waals surface area contributed by atoms with E-state index in [0.29, 0.717) is 42.3 Å². The molecule has 10 heteroatoms. The zero-order valence-electron chi connectivity index (χ0n) is 19.7. The molecule has 4 rings (SSSR count). The highest BCUT2D eigenvalue weighted by Gasteiger charge is 2.47. The molecule has 3 aromatic rings. The first-order chi connectivity index (χ1) is 17.3. The molecule has 0 aliphatic carbocycles. The van der Waals surface area contributed by atoms with Gasteiger partial charge in [-0.2, -0.15) is 0 Å². The third-order valence-electron chi connectivity index (χ3n) is 6.72. The van der Waals surface area contributed by atoms with Crippen molar-refractivity contribution in [3.05, 3.63) is 71.2 Å². The Hall–Kier alpha value is -3.69. The number of carbonyl (C=O) groups excluding carboxylic acids is 3. The van der Waals surface area contributed by atoms with E-state index in [2.05, 4.69) is 10.3 Å². The van der Waals surface area contributed by atoms with Gasteiger partial charge in [0.1, 0.15) is 12.4 Å². The number of para-hydroxylation sites is 1. The Bertz CT molecular complexity index is 1280. The first-order valence-electron chi connectivity index (χ1n) is 11.6. The molecule has 1 atom stereocenters. The number of primary amides is 1. The zero-order valence-corrected chi connectivity index (χ0v) is 20.4. The molecule has 188 valence electrons. The molecule has 1 aliphatic rings. The van der Waals surface area contributed by atoms with E-state index in [-0.39, 0.29) is 19.1 Å². The van der Waals surface area contributed by atoms with Crippen molar-refractivity contribution in [1.29, 1.82) is 0 Å². The van der Waals surface area contributed by atoms with Gasteiger partial charge in [0, 0.05) is 28.9 Å². The molecule has 9 nitrogen and oxygen atoms in total. The molecular weight excluding hydrogens is 482 g/mol. The number of pyridine rings is 1. The normalized spacial score (nSPS) is 15.8. The SMILES string of the molecule is NCC(=O)N1CCC(COC(=O)Nc2ccc3ccccc3n2)(C(C(N)=O)c2ccccc2Cl)CC1. The van der Waals surface area contributed by atoms with Crippen LogP contribution in [0.4, 0.5) is 10.6 Å². The van der Waals surface area contributed by atoms with Crippen molar-refractivity contribution in [2.75, 3.05) is 31.6 Å². The Balaban J connectivity index is 1.56. The van der Waals surface area contributed by atoms with Gasteiger partial charge in [-0.25, -0.2) is 9.78 Å². The lowest BCUT2D eigenvalue weighted by atomic mass is 9.66. The van der Waals surface area contributed by atoms with Crippen LogP contribution in [0.1, 0.15) is 24.3 Å². The van der Waals surface area contributed by atoms with Crippen LogP contribution in [-0.2, 0) is 14.3 Å². The Labute approximate surface area is 213 Å². The number of ether oxygens (including phenoxy) is 1. The molecule has 1 unspecified atom stereocenters. The zero-order chi connectivity index (χ0) is 25.7. The number of aromatic nitrogens is 1. The first kappa shape index (κ1) is 25.4. The molecule has 1 aliphatic heterocycles. The lowest BCUT2D eigenvalue weighted by Crippen LogP contribution is -2.51. The highest BCUT2D eigenvalue weighted by Crippen LogP contribution is 2.46. The fourth-order valence-corrected chi connectivity index (χ4v) is 5.07. The van der Waals surface area contributed by atoms with E-state index in [4.69, 9.17) is 27.8 Å². The number of hydrogen-bond acceptors (Lipinski definition) is 6. The van der Waals surface area contributed by atoms with Crippen molar-refractivity contribution in [2.45, 2.75) is 18.8 Å². The maximum Gasteiger partial charge on any atom is 0.412 e. The monoisotopic (exact) mass is 509 g/mol. The van der Waals surface area contributed by atoms with Crippen LogP contribution in [0.15, 0.2) is 60.7 Å². The van der Waals surface area contributed by atoms with Crippen molar-refractivity contribution in [2.24, 2.45) is 16.9 Å². The van der Waals surface area contributed by atoms with Crippen molar-refractivity contribution in [1.82, 2.24) is 9.88 Å². The number of halogens is 1. The van der Waals surface area contributed by atoms with E-state index in [1.54, 1.807) is 35.2 Å². The maximum atomic E-state index is 12.8. The van der Waals surface area contributed by atoms with E-state index < -0.39 is 23.3 Å². The molecule has 5 N–H and O–H groups in total. The van der Waals surface area contributed by atoms with Crippen LogP contribution in [0.3, 0.4) is 0 Å². The second-order valence-electron chi connectivity index (χ2n) is 8.89. The van der Waals surface area contributed by atoms with Crippen molar-refractivity contribution >= 4 is 46.2 Å². The molecule has 36 heavy (non-hydrogen) atoms. The van der Waals surface area contributed by atoms with Crippen LogP contribution >= 0.6 is 11.6 Å². The highest BCUT2D eigenvalue weighted by molar-refractivity contribution is 6.31. The number of nitrogens with two attached hydrogens (primary N) is 2. The minimum atomic E-state index is -0.865. The second kappa shape index (κ2) is 10.9. The van der Waals surface area contributed by atoms with Gasteiger partial charge in [-0.3, -0.25) is 14.9 Å². The van der Waals surface area contributed by atoms with Crippen LogP contribution in [0.5, 0.6) is 0 Å².